The van der Waals surface area contributed by atoms with Gasteiger partial charge in [-0.1, -0.05) is 36.6 Å². The van der Waals surface area contributed by atoms with Crippen molar-refractivity contribution < 1.29 is 37.3 Å². The van der Waals surface area contributed by atoms with Gasteiger partial charge in [0.15, 0.2) is 17.8 Å². The first-order chi connectivity index (χ1) is 17.5. The van der Waals surface area contributed by atoms with Gasteiger partial charge in [-0.25, -0.2) is 9.18 Å². The van der Waals surface area contributed by atoms with E-state index in [1.165, 1.54) is 18.2 Å². The zero-order chi connectivity index (χ0) is 26.9. The molecule has 4 rings (SSSR count). The first-order valence-corrected chi connectivity index (χ1v) is 11.9. The number of aromatic nitrogens is 1. The lowest BCUT2D eigenvalue weighted by atomic mass is 9.88. The van der Waals surface area contributed by atoms with E-state index in [1.807, 2.05) is 0 Å². The monoisotopic (exact) mass is 533 g/mol. The first-order valence-electron chi connectivity index (χ1n) is 11.6. The van der Waals surface area contributed by atoms with Crippen LogP contribution in [0.4, 0.5) is 13.2 Å². The van der Waals surface area contributed by atoms with Crippen molar-refractivity contribution in [1.29, 1.82) is 0 Å². The fourth-order valence-electron chi connectivity index (χ4n) is 4.34. The molecule has 194 valence electrons. The maximum absolute atomic E-state index is 14.9. The molecule has 10 heteroatoms. The van der Waals surface area contributed by atoms with Gasteiger partial charge in [0, 0.05) is 12.5 Å². The Bertz CT molecular complexity index is 1340. The molecular weight excluding hydrogens is 511 g/mol. The van der Waals surface area contributed by atoms with Crippen LogP contribution in [-0.4, -0.2) is 23.5 Å². The summed E-state index contributed by atoms with van der Waals surface area (Å²) in [5.74, 6) is -3.24. The van der Waals surface area contributed by atoms with Crippen LogP contribution in [0.1, 0.15) is 52.4 Å². The van der Waals surface area contributed by atoms with Gasteiger partial charge in [-0.05, 0) is 54.7 Å². The zero-order valence-corrected chi connectivity index (χ0v) is 20.5. The fourth-order valence-corrected chi connectivity index (χ4v) is 4.50. The fraction of sp³-hybridized carbons (Fsp3) is 0.296. The maximum Gasteiger partial charge on any atom is 0.387 e. The number of rotatable bonds is 10. The number of carbonyl (C=O) groups excluding carboxylic acids is 1. The van der Waals surface area contributed by atoms with E-state index in [2.05, 4.69) is 4.74 Å². The van der Waals surface area contributed by atoms with E-state index < -0.39 is 30.1 Å². The summed E-state index contributed by atoms with van der Waals surface area (Å²) in [7, 11) is 0. The minimum absolute atomic E-state index is 0.00656. The van der Waals surface area contributed by atoms with E-state index in [0.29, 0.717) is 28.2 Å². The van der Waals surface area contributed by atoms with Crippen molar-refractivity contribution in [2.75, 3.05) is 0 Å². The van der Waals surface area contributed by atoms with Gasteiger partial charge in [-0.2, -0.15) is 13.5 Å². The summed E-state index contributed by atoms with van der Waals surface area (Å²) >= 11 is 5.88. The minimum atomic E-state index is -3.22. The highest BCUT2D eigenvalue weighted by Gasteiger charge is 2.35. The van der Waals surface area contributed by atoms with E-state index in [9.17, 15) is 28.0 Å². The quantitative estimate of drug-likeness (QED) is 0.252. The van der Waals surface area contributed by atoms with Crippen LogP contribution in [0.15, 0.2) is 48.7 Å². The van der Waals surface area contributed by atoms with Gasteiger partial charge < -0.3 is 15.1 Å². The predicted molar refractivity (Wildman–Crippen MR) is 129 cm³/mol. The Morgan fingerprint density at radius 3 is 2.46 bits per heavy atom. The van der Waals surface area contributed by atoms with E-state index in [-0.39, 0.29) is 39.6 Å². The zero-order valence-electron chi connectivity index (χ0n) is 19.7. The van der Waals surface area contributed by atoms with Gasteiger partial charge in [0.05, 0.1) is 21.7 Å². The molecule has 6 nitrogen and oxygen atoms in total. The van der Waals surface area contributed by atoms with Crippen LogP contribution in [-0.2, 0) is 11.2 Å². The third-order valence-corrected chi connectivity index (χ3v) is 6.71. The number of aryl methyl sites for hydroxylation is 1. The van der Waals surface area contributed by atoms with Gasteiger partial charge in [0.1, 0.15) is 11.7 Å². The van der Waals surface area contributed by atoms with E-state index in [0.717, 1.165) is 31.2 Å². The molecule has 0 amide bonds. The van der Waals surface area contributed by atoms with Crippen LogP contribution in [0.5, 0.6) is 5.75 Å². The van der Waals surface area contributed by atoms with Gasteiger partial charge in [-0.15, -0.1) is 0 Å². The molecule has 1 aliphatic rings. The Morgan fingerprint density at radius 1 is 1.19 bits per heavy atom. The van der Waals surface area contributed by atoms with Crippen molar-refractivity contribution in [2.45, 2.75) is 45.1 Å². The molecule has 1 unspecified atom stereocenters. The number of alkyl halides is 2. The summed E-state index contributed by atoms with van der Waals surface area (Å²) in [4.78, 5) is 24.4. The molecule has 0 aliphatic heterocycles. The third kappa shape index (κ3) is 6.05. The number of carboxylic acids is 1. The molecule has 0 bridgehead atoms. The molecule has 0 saturated heterocycles. The summed E-state index contributed by atoms with van der Waals surface area (Å²) in [6.07, 6.45) is 3.38. The standard InChI is InChI=1S/C27H23ClF3NO5/c1-14-10-21(32(36)13-19(14)24-23(37-27(30)31)9-8-20(28)25(24)29)18(11-15-2-3-15)22(33)12-16-4-6-17(7-5-16)26(34)35/h4-10,13,15,18,27H,2-3,11-12H2,1H3,(H,34,35). The van der Waals surface area contributed by atoms with Gasteiger partial charge in [0.2, 0.25) is 5.69 Å². The first kappa shape index (κ1) is 26.5. The number of benzene rings is 2. The highest BCUT2D eigenvalue weighted by Crippen LogP contribution is 2.41. The molecule has 1 atom stereocenters. The molecular formula is C27H23ClF3NO5. The Hall–Kier alpha value is -3.59. The number of aromatic carboxylic acids is 1. The molecule has 1 heterocycles. The van der Waals surface area contributed by atoms with Gasteiger partial charge >= 0.3 is 12.6 Å². The van der Waals surface area contributed by atoms with Crippen LogP contribution in [0.2, 0.25) is 5.02 Å². The maximum atomic E-state index is 14.9. The van der Waals surface area contributed by atoms with E-state index in [4.69, 9.17) is 16.7 Å². The van der Waals surface area contributed by atoms with Crippen LogP contribution < -0.4 is 9.47 Å². The highest BCUT2D eigenvalue weighted by molar-refractivity contribution is 6.31. The smallest absolute Gasteiger partial charge is 0.387 e. The number of carbonyl (C=O) groups is 2. The summed E-state index contributed by atoms with van der Waals surface area (Å²) in [6, 6.07) is 9.58. The molecule has 1 N–H and O–H groups in total. The SMILES string of the molecule is Cc1cc(C(CC2CC2)C(=O)Cc2ccc(C(=O)O)cc2)[n+]([O-])cc1-c1c(OC(F)F)ccc(Cl)c1F. The summed E-state index contributed by atoms with van der Waals surface area (Å²) in [5, 5.41) is 21.9. The Morgan fingerprint density at radius 2 is 1.86 bits per heavy atom. The number of halogens is 4. The molecule has 1 aromatic heterocycles. The van der Waals surface area contributed by atoms with Gasteiger partial charge in [-0.3, -0.25) is 4.79 Å². The molecule has 0 radical (unpaired) electrons. The van der Waals surface area contributed by atoms with Crippen LogP contribution in [0, 0.1) is 23.9 Å². The van der Waals surface area contributed by atoms with Crippen molar-refractivity contribution in [3.8, 4) is 16.9 Å². The lowest BCUT2D eigenvalue weighted by Crippen LogP contribution is -2.36. The summed E-state index contributed by atoms with van der Waals surface area (Å²) in [6.45, 7) is -1.64. The molecule has 1 aliphatic carbocycles. The Labute approximate surface area is 215 Å². The number of ether oxygens (including phenoxy) is 1. The molecule has 37 heavy (non-hydrogen) atoms. The summed E-state index contributed by atoms with van der Waals surface area (Å²) < 4.78 is 45.8. The minimum Gasteiger partial charge on any atom is -0.618 e. The van der Waals surface area contributed by atoms with Crippen molar-refractivity contribution in [3.05, 3.63) is 87.1 Å². The predicted octanol–water partition coefficient (Wildman–Crippen LogP) is 6.08. The molecule has 2 aromatic carbocycles. The van der Waals surface area contributed by atoms with Gasteiger partial charge in [0.25, 0.3) is 0 Å². The second-order valence-electron chi connectivity index (χ2n) is 9.11. The number of nitrogens with zero attached hydrogens (tertiary/aromatic N) is 1. The average Bonchev–Trinajstić information content (AvgIpc) is 3.66. The number of pyridine rings is 1. The molecule has 1 saturated carbocycles. The van der Waals surface area contributed by atoms with Crippen LogP contribution in [0.3, 0.4) is 0 Å². The van der Waals surface area contributed by atoms with Crippen molar-refractivity contribution in [2.24, 2.45) is 5.92 Å². The number of carboxylic acid groups (broad SMARTS) is 1. The number of ketones is 1. The number of hydrogen-bond acceptors (Lipinski definition) is 4. The summed E-state index contributed by atoms with van der Waals surface area (Å²) in [5.41, 5.74) is 0.885. The second-order valence-corrected chi connectivity index (χ2v) is 9.52. The topological polar surface area (TPSA) is 90.5 Å². The van der Waals surface area contributed by atoms with Crippen LogP contribution >= 0.6 is 11.6 Å². The molecule has 0 spiro atoms. The van der Waals surface area contributed by atoms with Crippen molar-refractivity contribution >= 4 is 23.4 Å². The lowest BCUT2D eigenvalue weighted by Gasteiger charge is -2.19. The molecule has 3 aromatic rings. The largest absolute Gasteiger partial charge is 0.618 e. The van der Waals surface area contributed by atoms with Crippen molar-refractivity contribution in [1.82, 2.24) is 0 Å². The van der Waals surface area contributed by atoms with E-state index >= 15 is 0 Å². The Balaban J connectivity index is 1.70. The molecule has 1 fully saturated rings. The Kier molecular flexibility index (Phi) is 7.73. The average molecular weight is 534 g/mol. The van der Waals surface area contributed by atoms with E-state index in [1.54, 1.807) is 19.1 Å². The highest BCUT2D eigenvalue weighted by atomic mass is 35.5. The normalized spacial score (nSPS) is 14.0. The van der Waals surface area contributed by atoms with Crippen molar-refractivity contribution in [3.63, 3.8) is 0 Å². The number of hydrogen-bond donors (Lipinski definition) is 1. The third-order valence-electron chi connectivity index (χ3n) is 6.42. The van der Waals surface area contributed by atoms with Crippen LogP contribution in [0.25, 0.3) is 11.1 Å². The second kappa shape index (κ2) is 10.8. The lowest BCUT2D eigenvalue weighted by molar-refractivity contribution is -0.614. The number of Topliss-reactive ketones (excluding diaryl/α,β-unsaturated/α-hetero) is 1.